The van der Waals surface area contributed by atoms with E-state index < -0.39 is 5.97 Å². The van der Waals surface area contributed by atoms with Crippen LogP contribution in [0.2, 0.25) is 0 Å². The minimum atomic E-state index is -0.985. The number of rotatable bonds is 3. The number of carboxylic acids is 1. The van der Waals surface area contributed by atoms with Gasteiger partial charge in [0.25, 0.3) is 0 Å². The molecule has 0 heterocycles. The molecule has 0 amide bonds. The number of carbonyl (C=O) groups is 1. The third kappa shape index (κ3) is 3.24. The third-order valence-electron chi connectivity index (χ3n) is 3.52. The van der Waals surface area contributed by atoms with Crippen molar-refractivity contribution in [3.8, 4) is 16.9 Å². The first-order chi connectivity index (χ1) is 9.82. The topological polar surface area (TPSA) is 46.5 Å². The van der Waals surface area contributed by atoms with Gasteiger partial charge >= 0.3 is 5.97 Å². The summed E-state index contributed by atoms with van der Waals surface area (Å²) in [5.74, 6) is -0.610. The summed E-state index contributed by atoms with van der Waals surface area (Å²) >= 11 is 0. The highest BCUT2D eigenvalue weighted by molar-refractivity contribution is 5.92. The lowest BCUT2D eigenvalue weighted by molar-refractivity contribution is 0.0693. The van der Waals surface area contributed by atoms with Gasteiger partial charge in [0, 0.05) is 0 Å². The highest BCUT2D eigenvalue weighted by Gasteiger charge is 2.14. The summed E-state index contributed by atoms with van der Waals surface area (Å²) in [6, 6.07) is 13.5. The molecule has 21 heavy (non-hydrogen) atoms. The van der Waals surface area contributed by atoms with E-state index in [1.807, 2.05) is 0 Å². The van der Waals surface area contributed by atoms with Crippen molar-refractivity contribution in [2.75, 3.05) is 7.11 Å². The average molecular weight is 284 g/mol. The summed E-state index contributed by atoms with van der Waals surface area (Å²) < 4.78 is 5.17. The van der Waals surface area contributed by atoms with Crippen LogP contribution in [0.25, 0.3) is 11.1 Å². The van der Waals surface area contributed by atoms with E-state index >= 15 is 0 Å². The molecule has 0 aliphatic rings. The van der Waals surface area contributed by atoms with E-state index in [9.17, 15) is 4.79 Å². The fraction of sp³-hybridized carbons (Fsp3) is 0.278. The second kappa shape index (κ2) is 5.60. The second-order valence-corrected chi connectivity index (χ2v) is 6.05. The Bertz CT molecular complexity index is 649. The van der Waals surface area contributed by atoms with E-state index in [0.29, 0.717) is 5.75 Å². The van der Waals surface area contributed by atoms with Gasteiger partial charge in [-0.05, 0) is 34.2 Å². The molecule has 0 aliphatic heterocycles. The van der Waals surface area contributed by atoms with Crippen molar-refractivity contribution in [2.24, 2.45) is 0 Å². The van der Waals surface area contributed by atoms with Crippen LogP contribution in [0.1, 0.15) is 36.7 Å². The molecule has 0 radical (unpaired) electrons. The van der Waals surface area contributed by atoms with Gasteiger partial charge in [-0.15, -0.1) is 0 Å². The predicted molar refractivity (Wildman–Crippen MR) is 84.1 cm³/mol. The quantitative estimate of drug-likeness (QED) is 0.911. The smallest absolute Gasteiger partial charge is 0.339 e. The third-order valence-corrected chi connectivity index (χ3v) is 3.52. The molecule has 3 heteroatoms. The van der Waals surface area contributed by atoms with Gasteiger partial charge in [-0.2, -0.15) is 0 Å². The Kier molecular flexibility index (Phi) is 4.03. The molecule has 0 saturated heterocycles. The standard InChI is InChI=1S/C18H20O3/c1-18(2,3)14-8-5-12(6-9-14)13-7-10-15(17(19)20)16(11-13)21-4/h5-11H,1-4H3,(H,19,20). The van der Waals surface area contributed by atoms with Crippen LogP contribution in [-0.4, -0.2) is 18.2 Å². The number of benzene rings is 2. The Morgan fingerprint density at radius 2 is 1.57 bits per heavy atom. The molecule has 0 aromatic heterocycles. The van der Waals surface area contributed by atoms with Crippen LogP contribution in [0.5, 0.6) is 5.75 Å². The molecule has 2 rings (SSSR count). The van der Waals surface area contributed by atoms with Gasteiger partial charge in [-0.3, -0.25) is 0 Å². The lowest BCUT2D eigenvalue weighted by Gasteiger charge is -2.19. The van der Waals surface area contributed by atoms with Crippen LogP contribution < -0.4 is 4.74 Å². The summed E-state index contributed by atoms with van der Waals surface area (Å²) in [5.41, 5.74) is 3.53. The molecular formula is C18H20O3. The van der Waals surface area contributed by atoms with Crippen molar-refractivity contribution >= 4 is 5.97 Å². The molecule has 110 valence electrons. The number of hydrogen-bond acceptors (Lipinski definition) is 2. The Morgan fingerprint density at radius 1 is 1.00 bits per heavy atom. The molecule has 0 aliphatic carbocycles. The zero-order valence-corrected chi connectivity index (χ0v) is 12.8. The summed E-state index contributed by atoms with van der Waals surface area (Å²) in [4.78, 5) is 11.1. The minimum absolute atomic E-state index is 0.114. The van der Waals surface area contributed by atoms with Crippen molar-refractivity contribution < 1.29 is 14.6 Å². The van der Waals surface area contributed by atoms with E-state index in [0.717, 1.165) is 11.1 Å². The maximum Gasteiger partial charge on any atom is 0.339 e. The zero-order valence-electron chi connectivity index (χ0n) is 12.8. The Labute approximate surface area is 125 Å². The van der Waals surface area contributed by atoms with E-state index in [-0.39, 0.29) is 11.0 Å². The van der Waals surface area contributed by atoms with Gasteiger partial charge in [-0.25, -0.2) is 4.79 Å². The second-order valence-electron chi connectivity index (χ2n) is 6.05. The predicted octanol–water partition coefficient (Wildman–Crippen LogP) is 4.36. The van der Waals surface area contributed by atoms with Crippen molar-refractivity contribution in [3.63, 3.8) is 0 Å². The first-order valence-electron chi connectivity index (χ1n) is 6.85. The van der Waals surface area contributed by atoms with Gasteiger partial charge in [-0.1, -0.05) is 51.1 Å². The van der Waals surface area contributed by atoms with Crippen LogP contribution in [0.15, 0.2) is 42.5 Å². The van der Waals surface area contributed by atoms with E-state index in [1.54, 1.807) is 18.2 Å². The van der Waals surface area contributed by atoms with Gasteiger partial charge in [0.05, 0.1) is 7.11 Å². The van der Waals surface area contributed by atoms with Gasteiger partial charge in [0.1, 0.15) is 11.3 Å². The lowest BCUT2D eigenvalue weighted by Crippen LogP contribution is -2.10. The molecule has 0 unspecified atom stereocenters. The summed E-state index contributed by atoms with van der Waals surface area (Å²) in [6.45, 7) is 6.52. The van der Waals surface area contributed by atoms with Gasteiger partial charge in [0.2, 0.25) is 0 Å². The van der Waals surface area contributed by atoms with Gasteiger partial charge < -0.3 is 9.84 Å². The summed E-state index contributed by atoms with van der Waals surface area (Å²) in [6.07, 6.45) is 0. The van der Waals surface area contributed by atoms with Crippen LogP contribution >= 0.6 is 0 Å². The van der Waals surface area contributed by atoms with Gasteiger partial charge in [0.15, 0.2) is 0 Å². The maximum atomic E-state index is 11.1. The SMILES string of the molecule is COc1cc(-c2ccc(C(C)(C)C)cc2)ccc1C(=O)O. The van der Waals surface area contributed by atoms with E-state index in [1.165, 1.54) is 12.7 Å². The Hall–Kier alpha value is -2.29. The highest BCUT2D eigenvalue weighted by atomic mass is 16.5. The zero-order chi connectivity index (χ0) is 15.6. The molecule has 0 saturated carbocycles. The number of hydrogen-bond donors (Lipinski definition) is 1. The van der Waals surface area contributed by atoms with Crippen molar-refractivity contribution in [1.82, 2.24) is 0 Å². The van der Waals surface area contributed by atoms with Crippen molar-refractivity contribution in [1.29, 1.82) is 0 Å². The van der Waals surface area contributed by atoms with E-state index in [4.69, 9.17) is 9.84 Å². The Balaban J connectivity index is 2.41. The molecular weight excluding hydrogens is 264 g/mol. The van der Waals surface area contributed by atoms with Crippen LogP contribution in [0.4, 0.5) is 0 Å². The molecule has 2 aromatic rings. The molecule has 0 bridgehead atoms. The molecule has 0 atom stereocenters. The first kappa shape index (κ1) is 15.1. The van der Waals surface area contributed by atoms with Crippen LogP contribution in [-0.2, 0) is 5.41 Å². The monoisotopic (exact) mass is 284 g/mol. The molecule has 2 aromatic carbocycles. The number of methoxy groups -OCH3 is 1. The van der Waals surface area contributed by atoms with Crippen molar-refractivity contribution in [2.45, 2.75) is 26.2 Å². The number of aromatic carboxylic acids is 1. The number of carboxylic acid groups (broad SMARTS) is 1. The maximum absolute atomic E-state index is 11.1. The van der Waals surface area contributed by atoms with Crippen molar-refractivity contribution in [3.05, 3.63) is 53.6 Å². The molecule has 0 spiro atoms. The lowest BCUT2D eigenvalue weighted by atomic mass is 9.86. The summed E-state index contributed by atoms with van der Waals surface area (Å²) in [7, 11) is 1.48. The minimum Gasteiger partial charge on any atom is -0.496 e. The van der Waals surface area contributed by atoms with E-state index in [2.05, 4.69) is 45.0 Å². The molecule has 1 N–H and O–H groups in total. The van der Waals surface area contributed by atoms with Crippen LogP contribution in [0, 0.1) is 0 Å². The largest absolute Gasteiger partial charge is 0.496 e. The average Bonchev–Trinajstić information content (AvgIpc) is 2.45. The molecule has 0 fully saturated rings. The number of ether oxygens (including phenoxy) is 1. The first-order valence-corrected chi connectivity index (χ1v) is 6.85. The fourth-order valence-electron chi connectivity index (χ4n) is 2.21. The Morgan fingerprint density at radius 3 is 2.05 bits per heavy atom. The normalized spacial score (nSPS) is 11.2. The van der Waals surface area contributed by atoms with Crippen LogP contribution in [0.3, 0.4) is 0 Å². The molecule has 3 nitrogen and oxygen atoms in total. The highest BCUT2D eigenvalue weighted by Crippen LogP contribution is 2.29. The summed E-state index contributed by atoms with van der Waals surface area (Å²) in [5, 5.41) is 9.10. The fourth-order valence-corrected chi connectivity index (χ4v) is 2.21.